The van der Waals surface area contributed by atoms with Crippen LogP contribution in [0.3, 0.4) is 0 Å². The Morgan fingerprint density at radius 2 is 1.81 bits per heavy atom. The number of carboxylic acids is 1. The summed E-state index contributed by atoms with van der Waals surface area (Å²) < 4.78 is 0. The third-order valence-electron chi connectivity index (χ3n) is 1.87. The molecule has 90 valence electrons. The highest BCUT2D eigenvalue weighted by Gasteiger charge is 2.14. The molecule has 0 heterocycles. The second-order valence-electron chi connectivity index (χ2n) is 3.57. The summed E-state index contributed by atoms with van der Waals surface area (Å²) in [6.07, 6.45) is 2.25. The lowest BCUT2D eigenvalue weighted by molar-refractivity contribution is -0.132. The van der Waals surface area contributed by atoms with Crippen LogP contribution in [0.2, 0.25) is 0 Å². The SMILES string of the molecule is CC(=O)CC(CC=C(C)C(=O)O)SC(C)=O. The first-order valence-corrected chi connectivity index (χ1v) is 5.77. The van der Waals surface area contributed by atoms with Crippen LogP contribution in [0, 0.1) is 0 Å². The minimum Gasteiger partial charge on any atom is -0.478 e. The topological polar surface area (TPSA) is 71.4 Å². The van der Waals surface area contributed by atoms with Crippen LogP contribution in [0.5, 0.6) is 0 Å². The largest absolute Gasteiger partial charge is 0.478 e. The van der Waals surface area contributed by atoms with Crippen molar-refractivity contribution in [3.05, 3.63) is 11.6 Å². The highest BCUT2D eigenvalue weighted by Crippen LogP contribution is 2.20. The normalized spacial score (nSPS) is 13.3. The van der Waals surface area contributed by atoms with Crippen LogP contribution in [0.25, 0.3) is 0 Å². The van der Waals surface area contributed by atoms with E-state index in [9.17, 15) is 14.4 Å². The summed E-state index contributed by atoms with van der Waals surface area (Å²) in [4.78, 5) is 32.4. The summed E-state index contributed by atoms with van der Waals surface area (Å²) >= 11 is 1.08. The van der Waals surface area contributed by atoms with E-state index in [1.165, 1.54) is 20.8 Å². The van der Waals surface area contributed by atoms with E-state index in [2.05, 4.69) is 0 Å². The number of carboxylic acid groups (broad SMARTS) is 1. The monoisotopic (exact) mass is 244 g/mol. The van der Waals surface area contributed by atoms with Crippen molar-refractivity contribution >= 4 is 28.6 Å². The molecule has 0 aliphatic carbocycles. The van der Waals surface area contributed by atoms with Crippen LogP contribution in [0.4, 0.5) is 0 Å². The molecule has 0 radical (unpaired) electrons. The Morgan fingerprint density at radius 3 is 2.19 bits per heavy atom. The van der Waals surface area contributed by atoms with Gasteiger partial charge in [-0.2, -0.15) is 0 Å². The van der Waals surface area contributed by atoms with Crippen LogP contribution >= 0.6 is 11.8 Å². The lowest BCUT2D eigenvalue weighted by Crippen LogP contribution is -2.10. The third-order valence-corrected chi connectivity index (χ3v) is 2.90. The molecule has 1 N–H and O–H groups in total. The molecule has 0 saturated heterocycles. The smallest absolute Gasteiger partial charge is 0.330 e. The minimum atomic E-state index is -0.977. The molecular formula is C11H16O4S. The van der Waals surface area contributed by atoms with E-state index >= 15 is 0 Å². The van der Waals surface area contributed by atoms with Crippen LogP contribution in [-0.2, 0) is 14.4 Å². The first-order chi connectivity index (χ1) is 7.32. The third kappa shape index (κ3) is 7.23. The highest BCUT2D eigenvalue weighted by atomic mass is 32.2. The Kier molecular flexibility index (Phi) is 6.72. The molecular weight excluding hydrogens is 228 g/mol. The Hall–Kier alpha value is -1.10. The second-order valence-corrected chi connectivity index (χ2v) is 5.04. The molecule has 0 aromatic rings. The molecule has 0 rings (SSSR count). The zero-order valence-corrected chi connectivity index (χ0v) is 10.5. The fourth-order valence-electron chi connectivity index (χ4n) is 1.12. The summed E-state index contributed by atoms with van der Waals surface area (Å²) in [7, 11) is 0. The van der Waals surface area contributed by atoms with Crippen molar-refractivity contribution in [2.24, 2.45) is 0 Å². The predicted octanol–water partition coefficient (Wildman–Crippen LogP) is 2.03. The van der Waals surface area contributed by atoms with Crippen LogP contribution in [-0.4, -0.2) is 27.2 Å². The predicted molar refractivity (Wildman–Crippen MR) is 63.4 cm³/mol. The number of allylic oxidation sites excluding steroid dienone is 1. The number of aliphatic carboxylic acids is 1. The van der Waals surface area contributed by atoms with Crippen LogP contribution in [0.1, 0.15) is 33.6 Å². The van der Waals surface area contributed by atoms with Gasteiger partial charge in [-0.3, -0.25) is 9.59 Å². The van der Waals surface area contributed by atoms with Crippen molar-refractivity contribution in [1.82, 2.24) is 0 Å². The summed E-state index contributed by atoms with van der Waals surface area (Å²) in [5, 5.41) is 8.42. The van der Waals surface area contributed by atoms with Gasteiger partial charge in [0, 0.05) is 24.2 Å². The second kappa shape index (κ2) is 7.22. The van der Waals surface area contributed by atoms with Gasteiger partial charge in [-0.05, 0) is 20.3 Å². The van der Waals surface area contributed by atoms with Crippen molar-refractivity contribution < 1.29 is 19.5 Å². The van der Waals surface area contributed by atoms with E-state index in [0.29, 0.717) is 6.42 Å². The summed E-state index contributed by atoms with van der Waals surface area (Å²) in [6, 6.07) is 0. The zero-order valence-electron chi connectivity index (χ0n) is 9.65. The maximum atomic E-state index is 11.0. The number of hydrogen-bond donors (Lipinski definition) is 1. The Balaban J connectivity index is 4.42. The molecule has 1 unspecified atom stereocenters. The summed E-state index contributed by atoms with van der Waals surface area (Å²) in [6.45, 7) is 4.39. The Morgan fingerprint density at radius 1 is 1.25 bits per heavy atom. The number of ketones is 1. The Bertz CT molecular complexity index is 304. The van der Waals surface area contributed by atoms with Gasteiger partial charge in [-0.15, -0.1) is 0 Å². The molecule has 4 nitrogen and oxygen atoms in total. The lowest BCUT2D eigenvalue weighted by atomic mass is 10.1. The zero-order chi connectivity index (χ0) is 12.7. The van der Waals surface area contributed by atoms with Crippen LogP contribution < -0.4 is 0 Å². The molecule has 0 aromatic carbocycles. The fraction of sp³-hybridized carbons (Fsp3) is 0.545. The number of thioether (sulfide) groups is 1. The molecule has 0 aromatic heterocycles. The minimum absolute atomic E-state index is 0.000119. The molecule has 0 bridgehead atoms. The number of hydrogen-bond acceptors (Lipinski definition) is 4. The van der Waals surface area contributed by atoms with Gasteiger partial charge in [0.05, 0.1) is 0 Å². The number of Topliss-reactive ketones (excluding diaryl/α,β-unsaturated/α-hetero) is 1. The quantitative estimate of drug-likeness (QED) is 0.724. The summed E-state index contributed by atoms with van der Waals surface area (Å²) in [5.41, 5.74) is 0.234. The molecule has 16 heavy (non-hydrogen) atoms. The van der Waals surface area contributed by atoms with Gasteiger partial charge in [0.2, 0.25) is 0 Å². The number of carbonyl (C=O) groups is 3. The van der Waals surface area contributed by atoms with Gasteiger partial charge in [0.25, 0.3) is 0 Å². The fourth-order valence-corrected chi connectivity index (χ4v) is 2.10. The molecule has 0 spiro atoms. The van der Waals surface area contributed by atoms with Crippen molar-refractivity contribution in [3.8, 4) is 0 Å². The average Bonchev–Trinajstić information content (AvgIpc) is 2.11. The first-order valence-electron chi connectivity index (χ1n) is 4.89. The van der Waals surface area contributed by atoms with E-state index in [1.807, 2.05) is 0 Å². The van der Waals surface area contributed by atoms with Crippen molar-refractivity contribution in [2.75, 3.05) is 0 Å². The lowest BCUT2D eigenvalue weighted by Gasteiger charge is -2.10. The number of rotatable bonds is 6. The van der Waals surface area contributed by atoms with E-state index in [-0.39, 0.29) is 28.1 Å². The van der Waals surface area contributed by atoms with Crippen molar-refractivity contribution in [2.45, 2.75) is 38.9 Å². The van der Waals surface area contributed by atoms with E-state index in [0.717, 1.165) is 11.8 Å². The van der Waals surface area contributed by atoms with Gasteiger partial charge < -0.3 is 5.11 Å². The van der Waals surface area contributed by atoms with Gasteiger partial charge in [-0.1, -0.05) is 17.8 Å². The van der Waals surface area contributed by atoms with Crippen molar-refractivity contribution in [3.63, 3.8) is 0 Å². The number of carbonyl (C=O) groups excluding carboxylic acids is 2. The highest BCUT2D eigenvalue weighted by molar-refractivity contribution is 8.14. The van der Waals surface area contributed by atoms with Crippen LogP contribution in [0.15, 0.2) is 11.6 Å². The van der Waals surface area contributed by atoms with Gasteiger partial charge in [0.15, 0.2) is 5.12 Å². The summed E-state index contributed by atoms with van der Waals surface area (Å²) in [5.74, 6) is -0.977. The molecule has 5 heteroatoms. The average molecular weight is 244 g/mol. The molecule has 1 atom stereocenters. The molecule has 0 fully saturated rings. The molecule has 0 saturated carbocycles. The van der Waals surface area contributed by atoms with Gasteiger partial charge in [0.1, 0.15) is 5.78 Å². The molecule has 0 amide bonds. The standard InChI is InChI=1S/C11H16O4S/c1-7(11(14)15)4-5-10(6-8(2)12)16-9(3)13/h4,10H,5-6H2,1-3H3,(H,14,15). The molecule has 0 aliphatic rings. The van der Waals surface area contributed by atoms with Crippen molar-refractivity contribution in [1.29, 1.82) is 0 Å². The Labute approximate surface area is 99.1 Å². The maximum Gasteiger partial charge on any atom is 0.330 e. The van der Waals surface area contributed by atoms with E-state index in [1.54, 1.807) is 6.08 Å². The van der Waals surface area contributed by atoms with E-state index < -0.39 is 5.97 Å². The molecule has 0 aliphatic heterocycles. The van der Waals surface area contributed by atoms with Gasteiger partial charge in [-0.25, -0.2) is 4.79 Å². The van der Waals surface area contributed by atoms with Gasteiger partial charge >= 0.3 is 5.97 Å². The van der Waals surface area contributed by atoms with E-state index in [4.69, 9.17) is 5.11 Å². The first kappa shape index (κ1) is 14.9. The maximum absolute atomic E-state index is 11.0.